The fourth-order valence-electron chi connectivity index (χ4n) is 3.74. The number of azide groups is 1. The Kier molecular flexibility index (Phi) is 9.95. The van der Waals surface area contributed by atoms with Gasteiger partial charge in [0.15, 0.2) is 18.4 Å². The van der Waals surface area contributed by atoms with Gasteiger partial charge in [0, 0.05) is 35.9 Å². The quantitative estimate of drug-likeness (QED) is 0.141. The Morgan fingerprint density at radius 3 is 2.30 bits per heavy atom. The molecule has 0 spiro atoms. The van der Waals surface area contributed by atoms with E-state index in [1.165, 1.54) is 33.0 Å². The molecule has 0 radical (unpaired) electrons. The summed E-state index contributed by atoms with van der Waals surface area (Å²) in [6, 6.07) is 9.53. The number of nitrogens with zero attached hydrogens (tertiary/aromatic N) is 5. The van der Waals surface area contributed by atoms with E-state index in [9.17, 15) is 29.5 Å². The van der Waals surface area contributed by atoms with Crippen LogP contribution in [0.5, 0.6) is 0 Å². The standard InChI is InChI=1S/C25H28N6O9/c1-4-17(32)37-14-25(29-30-26)21(39-19(34)6-3)20(38-18(33)5-2)23(40-25)31-13-12-16(28-24(31)36)27-22(35)15-10-8-7-9-11-15/h7-13,20-21,23H,4-6,14H2,1-3H3,(H,27,28,35,36). The minimum atomic E-state index is -2.20. The summed E-state index contributed by atoms with van der Waals surface area (Å²) in [6.07, 6.45) is -3.67. The molecular weight excluding hydrogens is 528 g/mol. The van der Waals surface area contributed by atoms with E-state index >= 15 is 0 Å². The molecule has 1 aliphatic heterocycles. The predicted octanol–water partition coefficient (Wildman–Crippen LogP) is 2.63. The van der Waals surface area contributed by atoms with Gasteiger partial charge in [-0.3, -0.25) is 23.7 Å². The van der Waals surface area contributed by atoms with Gasteiger partial charge < -0.3 is 24.3 Å². The molecule has 2 heterocycles. The zero-order valence-electron chi connectivity index (χ0n) is 22.0. The summed E-state index contributed by atoms with van der Waals surface area (Å²) in [5.41, 5.74) is 6.52. The number of esters is 3. The highest BCUT2D eigenvalue weighted by Crippen LogP contribution is 2.42. The third-order valence-electron chi connectivity index (χ3n) is 5.78. The Morgan fingerprint density at radius 1 is 1.05 bits per heavy atom. The van der Waals surface area contributed by atoms with E-state index in [2.05, 4.69) is 20.3 Å². The lowest BCUT2D eigenvalue weighted by Gasteiger charge is -2.29. The molecule has 4 atom stereocenters. The zero-order chi connectivity index (χ0) is 29.3. The molecular formula is C25H28N6O9. The summed E-state index contributed by atoms with van der Waals surface area (Å²) >= 11 is 0. The van der Waals surface area contributed by atoms with E-state index in [4.69, 9.17) is 18.9 Å². The lowest BCUT2D eigenvalue weighted by atomic mass is 10.0. The van der Waals surface area contributed by atoms with Gasteiger partial charge in [0.05, 0.1) is 0 Å². The van der Waals surface area contributed by atoms with Crippen LogP contribution in [0.15, 0.2) is 52.5 Å². The largest absolute Gasteiger partial charge is 0.462 e. The van der Waals surface area contributed by atoms with E-state index in [-0.39, 0.29) is 25.1 Å². The molecule has 0 saturated carbocycles. The van der Waals surface area contributed by atoms with E-state index in [0.29, 0.717) is 5.56 Å². The number of carbonyl (C=O) groups excluding carboxylic acids is 4. The maximum Gasteiger partial charge on any atom is 0.351 e. The van der Waals surface area contributed by atoms with Crippen LogP contribution >= 0.6 is 0 Å². The first-order valence-corrected chi connectivity index (χ1v) is 12.4. The van der Waals surface area contributed by atoms with Gasteiger partial charge in [-0.25, -0.2) is 4.79 Å². The van der Waals surface area contributed by atoms with Gasteiger partial charge >= 0.3 is 23.6 Å². The molecule has 212 valence electrons. The molecule has 2 aromatic rings. The second kappa shape index (κ2) is 13.4. The minimum Gasteiger partial charge on any atom is -0.462 e. The predicted molar refractivity (Wildman–Crippen MR) is 136 cm³/mol. The fourth-order valence-corrected chi connectivity index (χ4v) is 3.74. The number of hydrogen-bond acceptors (Lipinski definition) is 11. The number of ether oxygens (including phenoxy) is 4. The van der Waals surface area contributed by atoms with Gasteiger partial charge in [-0.15, -0.1) is 0 Å². The molecule has 1 fully saturated rings. The Balaban J connectivity index is 2.04. The van der Waals surface area contributed by atoms with Crippen molar-refractivity contribution in [2.24, 2.45) is 5.11 Å². The molecule has 1 aromatic carbocycles. The first kappa shape index (κ1) is 29.8. The van der Waals surface area contributed by atoms with Crippen LogP contribution in [0.3, 0.4) is 0 Å². The second-order valence-electron chi connectivity index (χ2n) is 8.45. The lowest BCUT2D eigenvalue weighted by molar-refractivity contribution is -0.179. The normalized spacial score (nSPS) is 21.5. The van der Waals surface area contributed by atoms with Crippen molar-refractivity contribution in [3.63, 3.8) is 0 Å². The Bertz CT molecular complexity index is 1360. The van der Waals surface area contributed by atoms with Crippen molar-refractivity contribution in [1.82, 2.24) is 9.55 Å². The van der Waals surface area contributed by atoms with Crippen LogP contribution in [0.4, 0.5) is 5.82 Å². The van der Waals surface area contributed by atoms with Crippen molar-refractivity contribution in [2.75, 3.05) is 11.9 Å². The van der Waals surface area contributed by atoms with Crippen LogP contribution in [0.1, 0.15) is 56.6 Å². The van der Waals surface area contributed by atoms with E-state index in [1.54, 1.807) is 30.3 Å². The highest BCUT2D eigenvalue weighted by molar-refractivity contribution is 6.03. The summed E-state index contributed by atoms with van der Waals surface area (Å²) in [7, 11) is 0. The average Bonchev–Trinajstić information content (AvgIpc) is 3.24. The Labute approximate surface area is 228 Å². The first-order valence-electron chi connectivity index (χ1n) is 12.4. The van der Waals surface area contributed by atoms with Crippen LogP contribution in [-0.2, 0) is 33.3 Å². The number of hydrogen-bond donors (Lipinski definition) is 1. The van der Waals surface area contributed by atoms with E-state index < -0.39 is 60.3 Å². The lowest BCUT2D eigenvalue weighted by Crippen LogP contribution is -2.49. The van der Waals surface area contributed by atoms with Gasteiger partial charge in [-0.05, 0) is 23.7 Å². The average molecular weight is 557 g/mol. The smallest absolute Gasteiger partial charge is 0.351 e. The highest BCUT2D eigenvalue weighted by Gasteiger charge is 2.61. The maximum absolute atomic E-state index is 13.1. The van der Waals surface area contributed by atoms with Gasteiger partial charge in [-0.2, -0.15) is 4.98 Å². The number of rotatable bonds is 11. The fraction of sp³-hybridized carbons (Fsp3) is 0.440. The molecule has 3 rings (SSSR count). The highest BCUT2D eigenvalue weighted by atomic mass is 16.7. The van der Waals surface area contributed by atoms with Crippen LogP contribution in [0.25, 0.3) is 10.4 Å². The van der Waals surface area contributed by atoms with E-state index in [1.807, 2.05) is 0 Å². The molecule has 15 heteroatoms. The van der Waals surface area contributed by atoms with Gasteiger partial charge in [0.25, 0.3) is 5.91 Å². The summed E-state index contributed by atoms with van der Waals surface area (Å²) in [5, 5.41) is 6.13. The summed E-state index contributed by atoms with van der Waals surface area (Å²) in [6.45, 7) is 3.84. The summed E-state index contributed by atoms with van der Waals surface area (Å²) < 4.78 is 23.0. The van der Waals surface area contributed by atoms with Crippen molar-refractivity contribution in [3.8, 4) is 0 Å². The topological polar surface area (TPSA) is 201 Å². The van der Waals surface area contributed by atoms with Crippen LogP contribution in [0.2, 0.25) is 0 Å². The number of anilines is 1. The van der Waals surface area contributed by atoms with E-state index in [0.717, 1.165) is 4.57 Å². The minimum absolute atomic E-state index is 0.0248. The van der Waals surface area contributed by atoms with Gasteiger partial charge in [0.2, 0.25) is 5.72 Å². The molecule has 4 unspecified atom stereocenters. The molecule has 0 aliphatic carbocycles. The van der Waals surface area contributed by atoms with Crippen LogP contribution in [0, 0.1) is 0 Å². The molecule has 0 bridgehead atoms. The third-order valence-corrected chi connectivity index (χ3v) is 5.78. The summed E-state index contributed by atoms with van der Waals surface area (Å²) in [4.78, 5) is 68.8. The Hall–Kier alpha value is -4.75. The molecule has 1 N–H and O–H groups in total. The molecule has 15 nitrogen and oxygen atoms in total. The Morgan fingerprint density at radius 2 is 1.70 bits per heavy atom. The van der Waals surface area contributed by atoms with Gasteiger partial charge in [0.1, 0.15) is 12.4 Å². The van der Waals surface area contributed by atoms with Crippen LogP contribution < -0.4 is 11.0 Å². The molecule has 1 aliphatic rings. The summed E-state index contributed by atoms with van der Waals surface area (Å²) in [5.74, 6) is -2.78. The monoisotopic (exact) mass is 556 g/mol. The maximum atomic E-state index is 13.1. The number of carbonyl (C=O) groups is 4. The second-order valence-corrected chi connectivity index (χ2v) is 8.45. The zero-order valence-corrected chi connectivity index (χ0v) is 22.0. The number of aromatic nitrogens is 2. The molecule has 1 aromatic heterocycles. The van der Waals surface area contributed by atoms with Gasteiger partial charge in [-0.1, -0.05) is 44.1 Å². The number of nitrogens with one attached hydrogen (secondary N) is 1. The van der Waals surface area contributed by atoms with Crippen molar-refractivity contribution < 1.29 is 38.1 Å². The molecule has 40 heavy (non-hydrogen) atoms. The SMILES string of the molecule is CCC(=O)OCC1(N=[N+]=[N-])OC(n2ccc(NC(=O)c3ccccc3)nc2=O)C(OC(=O)CC)C1OC(=O)CC. The molecule has 1 saturated heterocycles. The number of amides is 1. The van der Waals surface area contributed by atoms with Crippen molar-refractivity contribution in [3.05, 3.63) is 69.1 Å². The van der Waals surface area contributed by atoms with Crippen molar-refractivity contribution in [1.29, 1.82) is 0 Å². The third kappa shape index (κ3) is 6.81. The molecule has 1 amide bonds. The van der Waals surface area contributed by atoms with Crippen molar-refractivity contribution in [2.45, 2.75) is 64.2 Å². The van der Waals surface area contributed by atoms with Crippen molar-refractivity contribution >= 4 is 29.6 Å². The number of benzene rings is 1. The van der Waals surface area contributed by atoms with Crippen LogP contribution in [-0.4, -0.2) is 57.9 Å². The first-order chi connectivity index (χ1) is 19.2.